The lowest BCUT2D eigenvalue weighted by molar-refractivity contribution is -0.151. The van der Waals surface area contributed by atoms with E-state index in [9.17, 15) is 48.1 Å². The lowest BCUT2D eigenvalue weighted by Crippen LogP contribution is -2.47. The molecule has 1 aliphatic carbocycles. The SMILES string of the molecule is COC1=CC(=O)C=C(C)[C@]1(O)C(=O)Oc1c(C)c(C)c(C(=O)Oc2cc(C(F)F)c(C(=O)Oc3c(C)c(C)c(C(=O)O)c(C)c3C)c(C)c2C)c(O)c1Br. The van der Waals surface area contributed by atoms with Crippen LogP contribution in [0.3, 0.4) is 0 Å². The molecule has 3 aromatic carbocycles. The third-order valence-electron chi connectivity index (χ3n) is 9.88. The van der Waals surface area contributed by atoms with E-state index in [4.69, 9.17) is 18.9 Å². The van der Waals surface area contributed by atoms with Gasteiger partial charge in [-0.15, -0.1) is 0 Å². The number of allylic oxidation sites excluding steroid dienone is 2. The van der Waals surface area contributed by atoms with Gasteiger partial charge in [0.2, 0.25) is 5.60 Å². The van der Waals surface area contributed by atoms with Gasteiger partial charge in [-0.3, -0.25) is 4.79 Å². The highest BCUT2D eigenvalue weighted by Gasteiger charge is 2.48. The van der Waals surface area contributed by atoms with Crippen molar-refractivity contribution in [2.75, 3.05) is 7.11 Å². The Morgan fingerprint density at radius 3 is 1.74 bits per heavy atom. The molecule has 54 heavy (non-hydrogen) atoms. The smallest absolute Gasteiger partial charge is 0.356 e. The average molecular weight is 816 g/mol. The first-order valence-electron chi connectivity index (χ1n) is 16.2. The van der Waals surface area contributed by atoms with Gasteiger partial charge in [-0.2, -0.15) is 0 Å². The van der Waals surface area contributed by atoms with Crippen molar-refractivity contribution in [1.29, 1.82) is 0 Å². The summed E-state index contributed by atoms with van der Waals surface area (Å²) in [5, 5.41) is 32.1. The number of phenolic OH excluding ortho intramolecular Hbond substituents is 1. The van der Waals surface area contributed by atoms with Crippen LogP contribution in [-0.4, -0.2) is 57.7 Å². The van der Waals surface area contributed by atoms with E-state index in [1.807, 2.05) is 0 Å². The second-order valence-electron chi connectivity index (χ2n) is 12.8. The van der Waals surface area contributed by atoms with E-state index in [1.54, 1.807) is 27.7 Å². The number of carboxylic acids is 1. The molecule has 1 atom stereocenters. The summed E-state index contributed by atoms with van der Waals surface area (Å²) in [5.74, 6) is -7.08. The van der Waals surface area contributed by atoms with Crippen LogP contribution in [0, 0.1) is 55.4 Å². The van der Waals surface area contributed by atoms with Crippen molar-refractivity contribution < 1.29 is 67.0 Å². The van der Waals surface area contributed by atoms with Gasteiger partial charge in [0.1, 0.15) is 33.0 Å². The number of carbonyl (C=O) groups is 5. The third kappa shape index (κ3) is 6.89. The second kappa shape index (κ2) is 15.1. The van der Waals surface area contributed by atoms with Crippen LogP contribution >= 0.6 is 15.9 Å². The monoisotopic (exact) mass is 814 g/mol. The summed E-state index contributed by atoms with van der Waals surface area (Å²) in [6.07, 6.45) is -1.30. The van der Waals surface area contributed by atoms with E-state index in [2.05, 4.69) is 15.9 Å². The van der Waals surface area contributed by atoms with E-state index in [1.165, 1.54) is 34.6 Å². The Hall–Kier alpha value is -5.41. The predicted molar refractivity (Wildman–Crippen MR) is 193 cm³/mol. The molecule has 3 aromatic rings. The molecule has 15 heteroatoms. The van der Waals surface area contributed by atoms with Crippen LogP contribution in [0.2, 0.25) is 0 Å². The van der Waals surface area contributed by atoms with Gasteiger partial charge in [-0.1, -0.05) is 0 Å². The summed E-state index contributed by atoms with van der Waals surface area (Å²) >= 11 is 3.13. The highest BCUT2D eigenvalue weighted by Crippen LogP contribution is 2.44. The van der Waals surface area contributed by atoms with Crippen molar-refractivity contribution in [3.05, 3.63) is 101 Å². The zero-order valence-corrected chi connectivity index (χ0v) is 32.5. The van der Waals surface area contributed by atoms with Crippen LogP contribution in [0.25, 0.3) is 0 Å². The number of ether oxygens (including phenoxy) is 4. The first-order valence-corrected chi connectivity index (χ1v) is 17.0. The van der Waals surface area contributed by atoms with Crippen LogP contribution in [0.4, 0.5) is 8.78 Å². The Morgan fingerprint density at radius 1 is 0.722 bits per heavy atom. The van der Waals surface area contributed by atoms with E-state index in [-0.39, 0.29) is 55.1 Å². The number of hydrogen-bond acceptors (Lipinski definition) is 11. The highest BCUT2D eigenvalue weighted by atomic mass is 79.9. The molecule has 0 aliphatic heterocycles. The number of halogens is 3. The topological polar surface area (TPSA) is 183 Å². The molecule has 0 saturated heterocycles. The molecule has 0 bridgehead atoms. The third-order valence-corrected chi connectivity index (χ3v) is 10.6. The van der Waals surface area contributed by atoms with Gasteiger partial charge in [-0.25, -0.2) is 28.0 Å². The number of benzene rings is 3. The van der Waals surface area contributed by atoms with Crippen molar-refractivity contribution in [3.63, 3.8) is 0 Å². The lowest BCUT2D eigenvalue weighted by atomic mass is 9.87. The van der Waals surface area contributed by atoms with Crippen molar-refractivity contribution in [2.24, 2.45) is 0 Å². The minimum atomic E-state index is -3.24. The van der Waals surface area contributed by atoms with Gasteiger partial charge in [0.15, 0.2) is 11.5 Å². The molecule has 0 fully saturated rings. The quantitative estimate of drug-likeness (QED) is 0.144. The number of aliphatic hydroxyl groups is 1. The van der Waals surface area contributed by atoms with Crippen LogP contribution in [0.15, 0.2) is 34.0 Å². The van der Waals surface area contributed by atoms with Crippen LogP contribution in [-0.2, 0) is 14.3 Å². The van der Waals surface area contributed by atoms with Crippen molar-refractivity contribution >= 4 is 45.6 Å². The number of ketones is 1. The predicted octanol–water partition coefficient (Wildman–Crippen LogP) is 7.39. The maximum Gasteiger partial charge on any atom is 0.356 e. The Labute approximate surface area is 317 Å². The molecule has 0 amide bonds. The first-order chi connectivity index (χ1) is 25.0. The van der Waals surface area contributed by atoms with E-state index in [0.717, 1.165) is 25.3 Å². The minimum Gasteiger partial charge on any atom is -0.506 e. The fraction of sp³-hybridized carbons (Fsp3) is 0.308. The minimum absolute atomic E-state index is 0.00300. The summed E-state index contributed by atoms with van der Waals surface area (Å²) in [6, 6.07) is 0.821. The number of aromatic hydroxyl groups is 1. The van der Waals surface area contributed by atoms with Crippen LogP contribution < -0.4 is 14.2 Å². The molecule has 0 unspecified atom stereocenters. The fourth-order valence-electron chi connectivity index (χ4n) is 6.22. The molecule has 0 heterocycles. The molecule has 0 aromatic heterocycles. The number of methoxy groups -OCH3 is 1. The normalized spacial score (nSPS) is 15.4. The van der Waals surface area contributed by atoms with Gasteiger partial charge in [-0.05, 0) is 140 Å². The number of rotatable bonds is 9. The number of alkyl halides is 2. The van der Waals surface area contributed by atoms with Gasteiger partial charge < -0.3 is 34.3 Å². The van der Waals surface area contributed by atoms with Crippen molar-refractivity contribution in [2.45, 2.75) is 74.3 Å². The van der Waals surface area contributed by atoms with Gasteiger partial charge >= 0.3 is 23.9 Å². The van der Waals surface area contributed by atoms with Gasteiger partial charge in [0, 0.05) is 11.6 Å². The Balaban J connectivity index is 1.72. The standard InChI is InChI=1S/C39H37BrF2O12/c1-14-11-23(43)12-26(51-10)39(14,50)38(49)54-33-22(9)19(6)29(31(44)30(33)40)37(48)52-25-13-24(34(41)42)28(16(3)15(25)2)36(47)53-32-20(7)17(4)27(35(45)46)18(5)21(32)8/h11-13,34,44,50H,1-10H3,(H,45,46)/t39-/m1/s1. The average Bonchev–Trinajstić information content (AvgIpc) is 3.09. The molecule has 0 radical (unpaired) electrons. The number of hydrogen-bond donors (Lipinski definition) is 3. The molecule has 1 aliphatic rings. The Morgan fingerprint density at radius 2 is 1.22 bits per heavy atom. The molecule has 3 N–H and O–H groups in total. The molecule has 4 rings (SSSR count). The zero-order valence-electron chi connectivity index (χ0n) is 31.0. The number of esters is 3. The maximum absolute atomic E-state index is 14.6. The number of aromatic carboxylic acids is 1. The molecular weight excluding hydrogens is 778 g/mol. The largest absolute Gasteiger partial charge is 0.506 e. The summed E-state index contributed by atoms with van der Waals surface area (Å²) in [4.78, 5) is 64.4. The van der Waals surface area contributed by atoms with E-state index < -0.39 is 69.9 Å². The lowest BCUT2D eigenvalue weighted by Gasteiger charge is -2.30. The summed E-state index contributed by atoms with van der Waals surface area (Å²) < 4.78 is 50.7. The second-order valence-corrected chi connectivity index (χ2v) is 13.6. The van der Waals surface area contributed by atoms with E-state index in [0.29, 0.717) is 22.3 Å². The zero-order chi connectivity index (χ0) is 40.9. The van der Waals surface area contributed by atoms with Crippen LogP contribution in [0.5, 0.6) is 23.0 Å². The van der Waals surface area contributed by atoms with Crippen molar-refractivity contribution in [1.82, 2.24) is 0 Å². The number of carboxylic acid groups (broad SMARTS) is 1. The van der Waals surface area contributed by atoms with Gasteiger partial charge in [0.25, 0.3) is 6.43 Å². The molecule has 12 nitrogen and oxygen atoms in total. The number of carbonyl (C=O) groups excluding carboxylic acids is 4. The fourth-order valence-corrected chi connectivity index (χ4v) is 6.79. The number of phenols is 1. The maximum atomic E-state index is 14.6. The molecule has 0 spiro atoms. The summed E-state index contributed by atoms with van der Waals surface area (Å²) in [6.45, 7) is 13.1. The molecule has 286 valence electrons. The van der Waals surface area contributed by atoms with Gasteiger partial charge in [0.05, 0.1) is 18.2 Å². The Bertz CT molecular complexity index is 2190. The van der Waals surface area contributed by atoms with Crippen LogP contribution in [0.1, 0.15) is 94.5 Å². The first kappa shape index (κ1) is 41.3. The van der Waals surface area contributed by atoms with E-state index >= 15 is 0 Å². The molecular formula is C39H37BrF2O12. The molecule has 0 saturated carbocycles. The van der Waals surface area contributed by atoms with Crippen molar-refractivity contribution in [3.8, 4) is 23.0 Å². The summed E-state index contributed by atoms with van der Waals surface area (Å²) in [7, 11) is 1.15. The highest BCUT2D eigenvalue weighted by molar-refractivity contribution is 9.10. The summed E-state index contributed by atoms with van der Waals surface area (Å²) in [5.41, 5.74) is -2.60. The Kier molecular flexibility index (Phi) is 11.6.